The van der Waals surface area contributed by atoms with E-state index in [-0.39, 0.29) is 5.91 Å². The van der Waals surface area contributed by atoms with Crippen LogP contribution in [-0.2, 0) is 10.4 Å². The molecule has 27 heavy (non-hydrogen) atoms. The van der Waals surface area contributed by atoms with Crippen molar-refractivity contribution in [2.75, 3.05) is 45.8 Å². The Kier molecular flexibility index (Phi) is 5.53. The van der Waals surface area contributed by atoms with Crippen LogP contribution < -0.4 is 0 Å². The van der Waals surface area contributed by atoms with Crippen LogP contribution in [-0.4, -0.2) is 77.6 Å². The maximum absolute atomic E-state index is 12.7. The van der Waals surface area contributed by atoms with E-state index in [1.807, 2.05) is 23.1 Å². The second kappa shape index (κ2) is 7.90. The molecule has 0 atom stereocenters. The average molecular weight is 372 g/mol. The number of hydrogen-bond donors (Lipinski definition) is 1. The summed E-state index contributed by atoms with van der Waals surface area (Å²) in [7, 11) is 0. The molecule has 0 bridgehead atoms. The van der Waals surface area contributed by atoms with Gasteiger partial charge in [-0.25, -0.2) is 0 Å². The summed E-state index contributed by atoms with van der Waals surface area (Å²) in [5.74, 6) is 0.254. The van der Waals surface area contributed by atoms with E-state index in [0.717, 1.165) is 56.4 Å². The van der Waals surface area contributed by atoms with Crippen LogP contribution in [0.5, 0.6) is 0 Å². The van der Waals surface area contributed by atoms with Crippen LogP contribution in [0.15, 0.2) is 24.3 Å². The third-order valence-corrected chi connectivity index (χ3v) is 6.95. The van der Waals surface area contributed by atoms with Crippen molar-refractivity contribution in [3.63, 3.8) is 0 Å². The highest BCUT2D eigenvalue weighted by atomic mass is 16.3. The molecule has 4 rings (SSSR count). The Labute approximate surface area is 162 Å². The lowest BCUT2D eigenvalue weighted by Crippen LogP contribution is -2.55. The summed E-state index contributed by atoms with van der Waals surface area (Å²) in [5.41, 5.74) is 1.44. The number of carbonyl (C=O) groups is 1. The van der Waals surface area contributed by atoms with Crippen molar-refractivity contribution in [2.45, 2.75) is 50.7 Å². The summed E-state index contributed by atoms with van der Waals surface area (Å²) < 4.78 is 0. The molecular weight excluding hydrogens is 338 g/mol. The number of carbonyl (C=O) groups excluding carboxylic acids is 1. The van der Waals surface area contributed by atoms with Crippen molar-refractivity contribution in [2.24, 2.45) is 0 Å². The number of rotatable bonds is 4. The molecule has 2 aliphatic heterocycles. The Morgan fingerprint density at radius 1 is 1.07 bits per heavy atom. The summed E-state index contributed by atoms with van der Waals surface area (Å²) in [6.45, 7) is 7.91. The van der Waals surface area contributed by atoms with Gasteiger partial charge < -0.3 is 10.0 Å². The minimum atomic E-state index is -0.751. The second-order valence-corrected chi connectivity index (χ2v) is 8.62. The molecular formula is C22H33N3O2. The van der Waals surface area contributed by atoms with Gasteiger partial charge in [-0.3, -0.25) is 14.6 Å². The molecule has 5 heteroatoms. The van der Waals surface area contributed by atoms with Gasteiger partial charge in [-0.05, 0) is 43.7 Å². The van der Waals surface area contributed by atoms with Gasteiger partial charge in [0.2, 0.25) is 5.91 Å². The van der Waals surface area contributed by atoms with Crippen molar-refractivity contribution >= 4 is 5.91 Å². The van der Waals surface area contributed by atoms with Gasteiger partial charge in [-0.1, -0.05) is 30.7 Å². The highest BCUT2D eigenvalue weighted by Crippen LogP contribution is 2.34. The van der Waals surface area contributed by atoms with E-state index in [1.165, 1.54) is 19.3 Å². The minimum absolute atomic E-state index is 0.254. The molecule has 5 nitrogen and oxygen atoms in total. The predicted octanol–water partition coefficient (Wildman–Crippen LogP) is 1.98. The van der Waals surface area contributed by atoms with Crippen molar-refractivity contribution < 1.29 is 9.90 Å². The molecule has 0 radical (unpaired) electrons. The lowest BCUT2D eigenvalue weighted by Gasteiger charge is -2.43. The Balaban J connectivity index is 1.25. The highest BCUT2D eigenvalue weighted by molar-refractivity contribution is 5.78. The number of aryl methyl sites for hydroxylation is 1. The molecule has 148 valence electrons. The quantitative estimate of drug-likeness (QED) is 0.879. The van der Waals surface area contributed by atoms with Gasteiger partial charge in [-0.15, -0.1) is 0 Å². The zero-order valence-electron chi connectivity index (χ0n) is 16.6. The Bertz CT molecular complexity index is 657. The van der Waals surface area contributed by atoms with Crippen LogP contribution in [0.2, 0.25) is 0 Å². The standard InChI is InChI=1S/C22H33N3O2/c1-18-5-2-3-8-20(18)22(27)9-11-23(12-10-22)17-21(26)25-15-13-24(14-16-25)19-6-4-7-19/h2-3,5,8,19,27H,4,6-7,9-17H2,1H3. The van der Waals surface area contributed by atoms with E-state index in [1.54, 1.807) is 0 Å². The Morgan fingerprint density at radius 2 is 1.74 bits per heavy atom. The van der Waals surface area contributed by atoms with Crippen LogP contribution in [0.4, 0.5) is 0 Å². The molecule has 1 amide bonds. The molecule has 1 N–H and O–H groups in total. The van der Waals surface area contributed by atoms with E-state index < -0.39 is 5.60 Å². The van der Waals surface area contributed by atoms with E-state index >= 15 is 0 Å². The molecule has 0 unspecified atom stereocenters. The predicted molar refractivity (Wildman–Crippen MR) is 107 cm³/mol. The number of nitrogens with zero attached hydrogens (tertiary/aromatic N) is 3. The van der Waals surface area contributed by atoms with Crippen molar-refractivity contribution in [3.8, 4) is 0 Å². The summed E-state index contributed by atoms with van der Waals surface area (Å²) in [6.07, 6.45) is 5.44. The van der Waals surface area contributed by atoms with Gasteiger partial charge in [0.25, 0.3) is 0 Å². The summed E-state index contributed by atoms with van der Waals surface area (Å²) >= 11 is 0. The first kappa shape index (κ1) is 18.9. The topological polar surface area (TPSA) is 47.0 Å². The van der Waals surface area contributed by atoms with Crippen LogP contribution >= 0.6 is 0 Å². The van der Waals surface area contributed by atoms with Gasteiger partial charge in [-0.2, -0.15) is 0 Å². The lowest BCUT2D eigenvalue weighted by molar-refractivity contribution is -0.136. The molecule has 0 spiro atoms. The van der Waals surface area contributed by atoms with Crippen molar-refractivity contribution in [1.82, 2.24) is 14.7 Å². The molecule has 3 fully saturated rings. The van der Waals surface area contributed by atoms with Crippen molar-refractivity contribution in [1.29, 1.82) is 0 Å². The third-order valence-electron chi connectivity index (χ3n) is 6.95. The van der Waals surface area contributed by atoms with Crippen LogP contribution in [0.25, 0.3) is 0 Å². The molecule has 0 aromatic heterocycles. The normalized spacial score (nSPS) is 24.6. The third kappa shape index (κ3) is 4.05. The number of piperidine rings is 1. The fourth-order valence-corrected chi connectivity index (χ4v) is 4.83. The Hall–Kier alpha value is -1.43. The van der Waals surface area contributed by atoms with Crippen LogP contribution in [0.3, 0.4) is 0 Å². The zero-order chi connectivity index (χ0) is 18.9. The van der Waals surface area contributed by atoms with Gasteiger partial charge in [0.15, 0.2) is 0 Å². The van der Waals surface area contributed by atoms with Gasteiger partial charge in [0.05, 0.1) is 12.1 Å². The summed E-state index contributed by atoms with van der Waals surface area (Å²) in [5, 5.41) is 11.1. The SMILES string of the molecule is Cc1ccccc1C1(O)CCN(CC(=O)N2CCN(C3CCC3)CC2)CC1. The maximum atomic E-state index is 12.7. The van der Waals surface area contributed by atoms with E-state index in [0.29, 0.717) is 19.4 Å². The fraction of sp³-hybridized carbons (Fsp3) is 0.682. The summed E-state index contributed by atoms with van der Waals surface area (Å²) in [4.78, 5) is 19.5. The first-order valence-corrected chi connectivity index (χ1v) is 10.6. The maximum Gasteiger partial charge on any atom is 0.236 e. The highest BCUT2D eigenvalue weighted by Gasteiger charge is 2.36. The largest absolute Gasteiger partial charge is 0.385 e. The molecule has 1 aromatic carbocycles. The minimum Gasteiger partial charge on any atom is -0.385 e. The number of hydrogen-bond acceptors (Lipinski definition) is 4. The molecule has 1 saturated carbocycles. The van der Waals surface area contributed by atoms with Crippen molar-refractivity contribution in [3.05, 3.63) is 35.4 Å². The molecule has 2 heterocycles. The van der Waals surface area contributed by atoms with Gasteiger partial charge in [0, 0.05) is 45.3 Å². The molecule has 2 saturated heterocycles. The smallest absolute Gasteiger partial charge is 0.236 e. The number of amides is 1. The van der Waals surface area contributed by atoms with Gasteiger partial charge in [0.1, 0.15) is 0 Å². The second-order valence-electron chi connectivity index (χ2n) is 8.62. The van der Waals surface area contributed by atoms with Crippen LogP contribution in [0.1, 0.15) is 43.2 Å². The number of aliphatic hydroxyl groups is 1. The fourth-order valence-electron chi connectivity index (χ4n) is 4.83. The Morgan fingerprint density at radius 3 is 2.33 bits per heavy atom. The number of benzene rings is 1. The first-order chi connectivity index (χ1) is 13.0. The van der Waals surface area contributed by atoms with Crippen LogP contribution in [0, 0.1) is 6.92 Å². The summed E-state index contributed by atoms with van der Waals surface area (Å²) in [6, 6.07) is 8.90. The molecule has 1 aliphatic carbocycles. The average Bonchev–Trinajstić information content (AvgIpc) is 2.63. The van der Waals surface area contributed by atoms with E-state index in [2.05, 4.69) is 22.8 Å². The number of piperazine rings is 1. The molecule has 1 aromatic rings. The van der Waals surface area contributed by atoms with E-state index in [9.17, 15) is 9.90 Å². The number of likely N-dealkylation sites (tertiary alicyclic amines) is 1. The first-order valence-electron chi connectivity index (χ1n) is 10.6. The zero-order valence-corrected chi connectivity index (χ0v) is 16.6. The monoisotopic (exact) mass is 371 g/mol. The van der Waals surface area contributed by atoms with E-state index in [4.69, 9.17) is 0 Å². The molecule has 3 aliphatic rings. The van der Waals surface area contributed by atoms with Gasteiger partial charge >= 0.3 is 0 Å². The lowest BCUT2D eigenvalue weighted by atomic mass is 9.82.